The van der Waals surface area contributed by atoms with Gasteiger partial charge in [0.15, 0.2) is 0 Å². The molecular formula is C20H22N2O3. The van der Waals surface area contributed by atoms with E-state index >= 15 is 0 Å². The van der Waals surface area contributed by atoms with E-state index in [2.05, 4.69) is 23.2 Å². The van der Waals surface area contributed by atoms with Gasteiger partial charge in [0.25, 0.3) is 0 Å². The Kier molecular flexibility index (Phi) is 2.93. The van der Waals surface area contributed by atoms with Gasteiger partial charge in [-0.25, -0.2) is 4.79 Å². The molecule has 1 aromatic carbocycles. The normalized spacial score (nSPS) is 33.9. The van der Waals surface area contributed by atoms with E-state index in [1.165, 1.54) is 12.7 Å². The molecule has 0 saturated carbocycles. The molecule has 5 heteroatoms. The molecule has 0 amide bonds. The number of ether oxygens (including phenoxy) is 1. The maximum absolute atomic E-state index is 12.8. The minimum absolute atomic E-state index is 0.121. The summed E-state index contributed by atoms with van der Waals surface area (Å²) in [6, 6.07) is 5.86. The van der Waals surface area contributed by atoms with Crippen LogP contribution in [0.5, 0.6) is 5.75 Å². The summed E-state index contributed by atoms with van der Waals surface area (Å²) in [6.45, 7) is 3.97. The Morgan fingerprint density at radius 1 is 1.48 bits per heavy atom. The predicted molar refractivity (Wildman–Crippen MR) is 94.3 cm³/mol. The van der Waals surface area contributed by atoms with Crippen LogP contribution < -0.4 is 5.32 Å². The summed E-state index contributed by atoms with van der Waals surface area (Å²) in [6.07, 6.45) is 4.05. The fourth-order valence-corrected chi connectivity index (χ4v) is 5.64. The van der Waals surface area contributed by atoms with Crippen molar-refractivity contribution in [1.29, 1.82) is 0 Å². The zero-order valence-electron chi connectivity index (χ0n) is 14.5. The molecule has 5 nitrogen and oxygen atoms in total. The number of aromatic hydroxyl groups is 1. The van der Waals surface area contributed by atoms with Crippen LogP contribution in [0.4, 0.5) is 5.69 Å². The van der Waals surface area contributed by atoms with Crippen LogP contribution in [0.1, 0.15) is 25.3 Å². The number of carbonyl (C=O) groups is 1. The number of piperidine rings is 1. The highest BCUT2D eigenvalue weighted by molar-refractivity contribution is 5.94. The Morgan fingerprint density at radius 3 is 3.08 bits per heavy atom. The number of rotatable bonds is 1. The molecule has 2 N–H and O–H groups in total. The third-order valence-electron chi connectivity index (χ3n) is 6.68. The van der Waals surface area contributed by atoms with Crippen molar-refractivity contribution in [3.8, 4) is 5.75 Å². The number of phenols is 1. The monoisotopic (exact) mass is 338 g/mol. The summed E-state index contributed by atoms with van der Waals surface area (Å²) in [5.74, 6) is 0.165. The quantitative estimate of drug-likeness (QED) is 0.468. The van der Waals surface area contributed by atoms with Gasteiger partial charge in [0.05, 0.1) is 18.1 Å². The predicted octanol–water partition coefficient (Wildman–Crippen LogP) is 2.54. The van der Waals surface area contributed by atoms with Gasteiger partial charge in [0, 0.05) is 36.4 Å². The molecule has 0 unspecified atom stereocenters. The van der Waals surface area contributed by atoms with Crippen LogP contribution in [0, 0.1) is 5.92 Å². The van der Waals surface area contributed by atoms with E-state index in [4.69, 9.17) is 4.74 Å². The zero-order chi connectivity index (χ0) is 17.3. The first-order valence-electron chi connectivity index (χ1n) is 8.92. The number of nitrogens with zero attached hydrogens (tertiary/aromatic N) is 1. The third-order valence-corrected chi connectivity index (χ3v) is 6.68. The molecular weight excluding hydrogens is 316 g/mol. The Morgan fingerprint density at radius 2 is 2.32 bits per heavy atom. The van der Waals surface area contributed by atoms with Crippen LogP contribution in [0.15, 0.2) is 41.1 Å². The average molecular weight is 338 g/mol. The molecule has 3 aliphatic heterocycles. The van der Waals surface area contributed by atoms with Crippen molar-refractivity contribution in [2.75, 3.05) is 25.5 Å². The molecule has 3 atom stereocenters. The van der Waals surface area contributed by atoms with Crippen molar-refractivity contribution in [2.45, 2.75) is 31.2 Å². The molecule has 0 radical (unpaired) electrons. The van der Waals surface area contributed by atoms with E-state index in [1.807, 2.05) is 12.1 Å². The second-order valence-corrected chi connectivity index (χ2v) is 7.49. The Hall–Kier alpha value is -2.27. The summed E-state index contributed by atoms with van der Waals surface area (Å²) in [5.41, 5.74) is 4.99. The van der Waals surface area contributed by atoms with Crippen LogP contribution in [0.2, 0.25) is 0 Å². The average Bonchev–Trinajstić information content (AvgIpc) is 3.17. The summed E-state index contributed by atoms with van der Waals surface area (Å²) in [5, 5.41) is 13.6. The number of methoxy groups -OCH3 is 1. The van der Waals surface area contributed by atoms with Gasteiger partial charge in [0.2, 0.25) is 0 Å². The first-order chi connectivity index (χ1) is 12.1. The van der Waals surface area contributed by atoms with Crippen molar-refractivity contribution in [3.63, 3.8) is 0 Å². The van der Waals surface area contributed by atoms with Gasteiger partial charge < -0.3 is 15.2 Å². The molecule has 1 aliphatic carbocycles. The smallest absolute Gasteiger partial charge is 0.336 e. The number of carbonyl (C=O) groups excluding carboxylic acids is 1. The SMILES string of the molecule is CC=C1CN2CC[C@]34C(=C(C(=O)OC)[C@H]1C[C@H]23)Nc1ccc(O)cc14. The number of nitrogens with one attached hydrogen (secondary N) is 1. The van der Waals surface area contributed by atoms with Crippen LogP contribution in [0.25, 0.3) is 0 Å². The number of hydrogen-bond acceptors (Lipinski definition) is 5. The molecule has 4 aliphatic rings. The largest absolute Gasteiger partial charge is 0.508 e. The number of fused-ring (bicyclic) bond motifs is 2. The second-order valence-electron chi connectivity index (χ2n) is 7.49. The lowest BCUT2D eigenvalue weighted by Gasteiger charge is -2.48. The minimum atomic E-state index is -0.234. The van der Waals surface area contributed by atoms with Gasteiger partial charge in [0.1, 0.15) is 5.75 Å². The molecule has 3 heterocycles. The first-order valence-corrected chi connectivity index (χ1v) is 8.92. The molecule has 1 spiro atoms. The molecule has 5 rings (SSSR count). The van der Waals surface area contributed by atoms with Crippen LogP contribution in [0.3, 0.4) is 0 Å². The van der Waals surface area contributed by atoms with Gasteiger partial charge in [-0.15, -0.1) is 0 Å². The van der Waals surface area contributed by atoms with Crippen LogP contribution >= 0.6 is 0 Å². The molecule has 2 bridgehead atoms. The fraction of sp³-hybridized carbons (Fsp3) is 0.450. The maximum Gasteiger partial charge on any atom is 0.336 e. The Bertz CT molecular complexity index is 856. The fourth-order valence-electron chi connectivity index (χ4n) is 5.64. The zero-order valence-corrected chi connectivity index (χ0v) is 14.5. The number of phenolic OH excluding ortho intramolecular Hbond substituents is 1. The van der Waals surface area contributed by atoms with Crippen molar-refractivity contribution < 1.29 is 14.6 Å². The van der Waals surface area contributed by atoms with E-state index in [9.17, 15) is 9.90 Å². The van der Waals surface area contributed by atoms with Crippen LogP contribution in [-0.4, -0.2) is 42.2 Å². The molecule has 1 aromatic rings. The maximum atomic E-state index is 12.8. The minimum Gasteiger partial charge on any atom is -0.508 e. The molecule has 2 saturated heterocycles. The van der Waals surface area contributed by atoms with Crippen LogP contribution in [-0.2, 0) is 14.9 Å². The highest BCUT2D eigenvalue weighted by atomic mass is 16.5. The van der Waals surface area contributed by atoms with E-state index < -0.39 is 0 Å². The molecule has 2 fully saturated rings. The number of anilines is 1. The highest BCUT2D eigenvalue weighted by Crippen LogP contribution is 2.61. The van der Waals surface area contributed by atoms with Crippen molar-refractivity contribution in [1.82, 2.24) is 4.90 Å². The Balaban J connectivity index is 1.82. The summed E-state index contributed by atoms with van der Waals surface area (Å²) in [7, 11) is 1.46. The lowest BCUT2D eigenvalue weighted by molar-refractivity contribution is -0.137. The van der Waals surface area contributed by atoms with Gasteiger partial charge in [-0.2, -0.15) is 0 Å². The van der Waals surface area contributed by atoms with Crippen molar-refractivity contribution >= 4 is 11.7 Å². The van der Waals surface area contributed by atoms with Crippen molar-refractivity contribution in [3.05, 3.63) is 46.7 Å². The van der Waals surface area contributed by atoms with Gasteiger partial charge in [-0.3, -0.25) is 4.90 Å². The number of esters is 1. The molecule has 25 heavy (non-hydrogen) atoms. The topological polar surface area (TPSA) is 61.8 Å². The number of benzene rings is 1. The standard InChI is InChI=1S/C20H22N2O3/c1-3-11-10-22-7-6-20-14-8-12(23)4-5-15(14)21-18(20)17(19(24)25-2)13(11)9-16(20)22/h3-5,8,13,16,21,23H,6-7,9-10H2,1-2H3/t13-,16-,20+/m0/s1. The summed E-state index contributed by atoms with van der Waals surface area (Å²) in [4.78, 5) is 15.3. The Labute approximate surface area is 147 Å². The van der Waals surface area contributed by atoms with E-state index in [0.29, 0.717) is 6.04 Å². The lowest BCUT2D eigenvalue weighted by atomic mass is 9.62. The lowest BCUT2D eigenvalue weighted by Crippen LogP contribution is -2.53. The van der Waals surface area contributed by atoms with Gasteiger partial charge >= 0.3 is 5.97 Å². The highest BCUT2D eigenvalue weighted by Gasteiger charge is 2.62. The second kappa shape index (κ2) is 4.88. The number of hydrogen-bond donors (Lipinski definition) is 2. The van der Waals surface area contributed by atoms with Crippen molar-refractivity contribution in [2.24, 2.45) is 5.92 Å². The molecule has 130 valence electrons. The first kappa shape index (κ1) is 15.0. The van der Waals surface area contributed by atoms with E-state index in [0.717, 1.165) is 48.5 Å². The summed E-state index contributed by atoms with van der Waals surface area (Å²) >= 11 is 0. The van der Waals surface area contributed by atoms with E-state index in [1.54, 1.807) is 6.07 Å². The van der Waals surface area contributed by atoms with Gasteiger partial charge in [-0.05, 0) is 43.5 Å². The summed E-state index contributed by atoms with van der Waals surface area (Å²) < 4.78 is 5.18. The third kappa shape index (κ3) is 1.69. The van der Waals surface area contributed by atoms with Gasteiger partial charge in [-0.1, -0.05) is 11.6 Å². The molecule has 0 aromatic heterocycles. The van der Waals surface area contributed by atoms with E-state index in [-0.39, 0.29) is 23.1 Å². The number of allylic oxidation sites excluding steroid dienone is 1.